The van der Waals surface area contributed by atoms with Crippen molar-refractivity contribution in [2.75, 3.05) is 33.4 Å². The van der Waals surface area contributed by atoms with E-state index in [9.17, 15) is 13.6 Å². The largest absolute Gasteiger partial charge is 0.383 e. The Hall–Kier alpha value is -1.24. The first kappa shape index (κ1) is 19.1. The number of nitrogens with zero attached hydrogens (tertiary/aromatic N) is 1. The van der Waals surface area contributed by atoms with E-state index in [1.807, 2.05) is 0 Å². The lowest BCUT2D eigenvalue weighted by molar-refractivity contribution is 0.0923. The van der Waals surface area contributed by atoms with Crippen LogP contribution >= 0.6 is 12.4 Å². The molecule has 0 unspecified atom stereocenters. The van der Waals surface area contributed by atoms with Crippen LogP contribution in [0.5, 0.6) is 0 Å². The third-order valence-electron chi connectivity index (χ3n) is 4.77. The maximum Gasteiger partial charge on any atom is 0.254 e. The van der Waals surface area contributed by atoms with Gasteiger partial charge in [0.2, 0.25) is 0 Å². The minimum Gasteiger partial charge on any atom is -0.383 e. The van der Waals surface area contributed by atoms with Gasteiger partial charge in [-0.2, -0.15) is 0 Å². The molecule has 134 valence electrons. The molecule has 1 heterocycles. The summed E-state index contributed by atoms with van der Waals surface area (Å²) < 4.78 is 31.8. The van der Waals surface area contributed by atoms with Crippen molar-refractivity contribution in [2.24, 2.45) is 11.8 Å². The highest BCUT2D eigenvalue weighted by Crippen LogP contribution is 2.41. The van der Waals surface area contributed by atoms with Gasteiger partial charge in [0.05, 0.1) is 12.2 Å². The Balaban J connectivity index is 0.00000208. The Morgan fingerprint density at radius 3 is 2.71 bits per heavy atom. The van der Waals surface area contributed by atoms with Crippen LogP contribution < -0.4 is 5.32 Å². The van der Waals surface area contributed by atoms with Gasteiger partial charge in [0.1, 0.15) is 11.6 Å². The zero-order valence-electron chi connectivity index (χ0n) is 13.6. The van der Waals surface area contributed by atoms with Gasteiger partial charge in [-0.05, 0) is 36.8 Å². The van der Waals surface area contributed by atoms with Crippen LogP contribution in [0.1, 0.15) is 23.2 Å². The number of nitrogens with one attached hydrogen (secondary N) is 1. The van der Waals surface area contributed by atoms with E-state index in [-0.39, 0.29) is 24.0 Å². The summed E-state index contributed by atoms with van der Waals surface area (Å²) in [6.45, 7) is 3.17. The summed E-state index contributed by atoms with van der Waals surface area (Å²) in [5.74, 6) is -0.918. The fraction of sp³-hybridized carbons (Fsp3) is 0.588. The Bertz CT molecular complexity index is 584. The molecule has 3 rings (SSSR count). The van der Waals surface area contributed by atoms with Gasteiger partial charge in [-0.25, -0.2) is 8.78 Å². The second kappa shape index (κ2) is 8.23. The normalized spacial score (nSPS) is 23.8. The average molecular weight is 361 g/mol. The molecule has 0 bridgehead atoms. The molecular weight excluding hydrogens is 338 g/mol. The van der Waals surface area contributed by atoms with Crippen LogP contribution in [0.4, 0.5) is 8.78 Å². The maximum atomic E-state index is 13.8. The van der Waals surface area contributed by atoms with Crippen LogP contribution in [0.2, 0.25) is 0 Å². The van der Waals surface area contributed by atoms with Crippen LogP contribution in [-0.4, -0.2) is 50.2 Å². The van der Waals surface area contributed by atoms with Crippen molar-refractivity contribution in [1.82, 2.24) is 10.2 Å². The molecule has 1 N–H and O–H groups in total. The number of likely N-dealkylation sites (tertiary alicyclic amines) is 1. The maximum absolute atomic E-state index is 13.8. The summed E-state index contributed by atoms with van der Waals surface area (Å²) in [6.07, 6.45) is 2.39. The molecule has 0 aromatic heterocycles. The Labute approximate surface area is 147 Å². The molecule has 4 nitrogen and oxygen atoms in total. The molecule has 7 heteroatoms. The standard InChI is InChI=1S/C17H22F2N2O2.ClH/c1-23-7-6-21-9-14(11-2-3-11)16(10-21)20-17(22)13-5-4-12(18)8-15(13)19;/h4-5,8,11,14,16H,2-3,6-7,9-10H2,1H3,(H,20,22);1H/t14-,16+;/m1./s1. The number of rotatable bonds is 6. The number of halogens is 3. The van der Waals surface area contributed by atoms with E-state index < -0.39 is 17.5 Å². The molecule has 1 saturated heterocycles. The van der Waals surface area contributed by atoms with Gasteiger partial charge < -0.3 is 10.1 Å². The molecule has 2 fully saturated rings. The van der Waals surface area contributed by atoms with Crippen molar-refractivity contribution >= 4 is 18.3 Å². The SMILES string of the molecule is COCCN1C[C@H](NC(=O)c2ccc(F)cc2F)[C@@H](C2CC2)C1.Cl. The smallest absolute Gasteiger partial charge is 0.254 e. The molecule has 1 aliphatic heterocycles. The number of carbonyl (C=O) groups excluding carboxylic acids is 1. The number of ether oxygens (including phenoxy) is 1. The van der Waals surface area contributed by atoms with Crippen LogP contribution in [-0.2, 0) is 4.74 Å². The molecule has 0 radical (unpaired) electrons. The van der Waals surface area contributed by atoms with E-state index in [4.69, 9.17) is 4.74 Å². The number of amides is 1. The van der Waals surface area contributed by atoms with Crippen molar-refractivity contribution < 1.29 is 18.3 Å². The summed E-state index contributed by atoms with van der Waals surface area (Å²) in [7, 11) is 1.67. The molecule has 0 spiro atoms. The molecule has 2 atom stereocenters. The van der Waals surface area contributed by atoms with Gasteiger partial charge in [-0.1, -0.05) is 0 Å². The molecule has 24 heavy (non-hydrogen) atoms. The van der Waals surface area contributed by atoms with E-state index in [2.05, 4.69) is 10.2 Å². The van der Waals surface area contributed by atoms with Gasteiger partial charge in [-0.3, -0.25) is 9.69 Å². The van der Waals surface area contributed by atoms with Crippen molar-refractivity contribution in [3.8, 4) is 0 Å². The molecule has 1 aromatic rings. The summed E-state index contributed by atoms with van der Waals surface area (Å²) in [5.41, 5.74) is -0.101. The van der Waals surface area contributed by atoms with E-state index in [1.54, 1.807) is 7.11 Å². The van der Waals surface area contributed by atoms with Gasteiger partial charge in [-0.15, -0.1) is 12.4 Å². The molecule has 2 aliphatic rings. The van der Waals surface area contributed by atoms with Gasteiger partial charge >= 0.3 is 0 Å². The van der Waals surface area contributed by atoms with E-state index in [1.165, 1.54) is 18.9 Å². The zero-order chi connectivity index (χ0) is 16.4. The Kier molecular flexibility index (Phi) is 6.54. The van der Waals surface area contributed by atoms with E-state index in [0.29, 0.717) is 18.4 Å². The van der Waals surface area contributed by atoms with Crippen LogP contribution in [0, 0.1) is 23.5 Å². The van der Waals surface area contributed by atoms with Gasteiger partial charge in [0.15, 0.2) is 0 Å². The first-order valence-corrected chi connectivity index (χ1v) is 8.05. The quantitative estimate of drug-likeness (QED) is 0.847. The lowest BCUT2D eigenvalue weighted by Gasteiger charge is -2.19. The summed E-state index contributed by atoms with van der Waals surface area (Å²) >= 11 is 0. The van der Waals surface area contributed by atoms with E-state index >= 15 is 0 Å². The first-order valence-electron chi connectivity index (χ1n) is 8.05. The lowest BCUT2D eigenvalue weighted by Crippen LogP contribution is -2.41. The second-order valence-corrected chi connectivity index (χ2v) is 6.46. The van der Waals surface area contributed by atoms with Crippen molar-refractivity contribution in [1.29, 1.82) is 0 Å². The highest BCUT2D eigenvalue weighted by atomic mass is 35.5. The number of carbonyl (C=O) groups is 1. The number of benzene rings is 1. The average Bonchev–Trinajstić information content (AvgIpc) is 3.27. The van der Waals surface area contributed by atoms with Crippen molar-refractivity contribution in [3.63, 3.8) is 0 Å². The Morgan fingerprint density at radius 1 is 1.33 bits per heavy atom. The second-order valence-electron chi connectivity index (χ2n) is 6.46. The molecule has 1 saturated carbocycles. The molecule has 1 amide bonds. The predicted octanol–water partition coefficient (Wildman–Crippen LogP) is 2.47. The first-order chi connectivity index (χ1) is 11.1. The topological polar surface area (TPSA) is 41.6 Å². The predicted molar refractivity (Wildman–Crippen MR) is 89.4 cm³/mol. The highest BCUT2D eigenvalue weighted by Gasteiger charge is 2.42. The number of methoxy groups -OCH3 is 1. The highest BCUT2D eigenvalue weighted by molar-refractivity contribution is 5.94. The zero-order valence-corrected chi connectivity index (χ0v) is 14.5. The van der Waals surface area contributed by atoms with Gasteiger partial charge in [0.25, 0.3) is 5.91 Å². The number of hydrogen-bond acceptors (Lipinski definition) is 3. The van der Waals surface area contributed by atoms with Crippen molar-refractivity contribution in [3.05, 3.63) is 35.4 Å². The fourth-order valence-electron chi connectivity index (χ4n) is 3.39. The number of hydrogen-bond donors (Lipinski definition) is 1. The molecule has 1 aliphatic carbocycles. The van der Waals surface area contributed by atoms with Crippen LogP contribution in [0.3, 0.4) is 0 Å². The Morgan fingerprint density at radius 2 is 2.08 bits per heavy atom. The summed E-state index contributed by atoms with van der Waals surface area (Å²) in [6, 6.07) is 3.06. The third kappa shape index (κ3) is 4.43. The summed E-state index contributed by atoms with van der Waals surface area (Å²) in [4.78, 5) is 14.6. The minimum absolute atomic E-state index is 0. The monoisotopic (exact) mass is 360 g/mol. The fourth-order valence-corrected chi connectivity index (χ4v) is 3.39. The lowest BCUT2D eigenvalue weighted by atomic mass is 9.98. The van der Waals surface area contributed by atoms with Crippen molar-refractivity contribution in [2.45, 2.75) is 18.9 Å². The van der Waals surface area contributed by atoms with E-state index in [0.717, 1.165) is 31.8 Å². The molecular formula is C17H23ClF2N2O2. The molecule has 1 aromatic carbocycles. The van der Waals surface area contributed by atoms with Gasteiger partial charge in [0, 0.05) is 38.9 Å². The minimum atomic E-state index is -0.820. The summed E-state index contributed by atoms with van der Waals surface area (Å²) in [5, 5.41) is 2.95. The van der Waals surface area contributed by atoms with Crippen LogP contribution in [0.15, 0.2) is 18.2 Å². The third-order valence-corrected chi connectivity index (χ3v) is 4.77. The van der Waals surface area contributed by atoms with Crippen LogP contribution in [0.25, 0.3) is 0 Å².